The molecule has 0 unspecified atom stereocenters. The molecule has 0 atom stereocenters. The first-order valence-corrected chi connectivity index (χ1v) is 10.4. The lowest BCUT2D eigenvalue weighted by Crippen LogP contribution is -2.31. The van der Waals surface area contributed by atoms with Crippen LogP contribution in [-0.2, 0) is 9.59 Å². The monoisotopic (exact) mass is 389 g/mol. The minimum atomic E-state index is -0.0384. The van der Waals surface area contributed by atoms with Crippen LogP contribution < -0.4 is 5.32 Å². The Bertz CT molecular complexity index is 807. The van der Waals surface area contributed by atoms with Gasteiger partial charge < -0.3 is 10.2 Å². The van der Waals surface area contributed by atoms with Crippen LogP contribution in [-0.4, -0.2) is 40.5 Å². The van der Waals surface area contributed by atoms with Crippen molar-refractivity contribution in [1.82, 2.24) is 9.88 Å². The Balaban J connectivity index is 1.97. The molecule has 1 aromatic heterocycles. The number of thiazole rings is 1. The average molecular weight is 390 g/mol. The third-order valence-electron chi connectivity index (χ3n) is 3.81. The first-order chi connectivity index (χ1) is 12.6. The minimum Gasteiger partial charge on any atom is -0.343 e. The second kappa shape index (κ2) is 10.2. The van der Waals surface area contributed by atoms with Gasteiger partial charge in [0, 0.05) is 31.6 Å². The number of carbonyl (C=O) groups excluding carboxylic acids is 2. The van der Waals surface area contributed by atoms with Gasteiger partial charge in [0.2, 0.25) is 11.8 Å². The van der Waals surface area contributed by atoms with Crippen LogP contribution in [0.5, 0.6) is 0 Å². The Morgan fingerprint density at radius 3 is 2.81 bits per heavy atom. The molecule has 2 aromatic rings. The fraction of sp³-hybridized carbons (Fsp3) is 0.421. The number of amides is 2. The first kappa shape index (κ1) is 20.3. The van der Waals surface area contributed by atoms with Crippen LogP contribution in [0.2, 0.25) is 0 Å². The van der Waals surface area contributed by atoms with Crippen molar-refractivity contribution in [2.45, 2.75) is 37.4 Å². The van der Waals surface area contributed by atoms with E-state index in [-0.39, 0.29) is 11.8 Å². The molecule has 0 radical (unpaired) electrons. The lowest BCUT2D eigenvalue weighted by molar-refractivity contribution is -0.128. The van der Waals surface area contributed by atoms with Crippen molar-refractivity contribution < 1.29 is 9.59 Å². The molecule has 1 heterocycles. The van der Waals surface area contributed by atoms with Crippen LogP contribution in [0.3, 0.4) is 0 Å². The van der Waals surface area contributed by atoms with E-state index in [1.807, 2.05) is 36.9 Å². The number of thioether (sulfide) groups is 1. The predicted molar refractivity (Wildman–Crippen MR) is 110 cm³/mol. The van der Waals surface area contributed by atoms with Crippen molar-refractivity contribution in [3.05, 3.63) is 18.2 Å². The normalized spacial score (nSPS) is 10.5. The van der Waals surface area contributed by atoms with Gasteiger partial charge in [0.1, 0.15) is 0 Å². The summed E-state index contributed by atoms with van der Waals surface area (Å²) in [6.45, 7) is 5.40. The summed E-state index contributed by atoms with van der Waals surface area (Å²) >= 11 is 2.99. The molecule has 0 saturated carbocycles. The van der Waals surface area contributed by atoms with Gasteiger partial charge in [-0.15, -0.1) is 23.7 Å². The van der Waals surface area contributed by atoms with Gasteiger partial charge in [-0.2, -0.15) is 0 Å². The van der Waals surface area contributed by atoms with Gasteiger partial charge in [-0.05, 0) is 38.5 Å². The molecular weight excluding hydrogens is 366 g/mol. The number of nitrogens with one attached hydrogen (secondary N) is 1. The SMILES string of the molecule is C#CCCCC(=O)Nc1ccc2nc(SCC(=O)N(CC)CC)sc2c1. The molecule has 0 aliphatic rings. The Morgan fingerprint density at radius 2 is 2.12 bits per heavy atom. The molecule has 1 aromatic carbocycles. The molecule has 7 heteroatoms. The van der Waals surface area contributed by atoms with Gasteiger partial charge in [0.15, 0.2) is 4.34 Å². The van der Waals surface area contributed by atoms with Crippen LogP contribution in [0, 0.1) is 12.3 Å². The number of unbranched alkanes of at least 4 members (excludes halogenated alkanes) is 1. The second-order valence-corrected chi connectivity index (χ2v) is 7.88. The summed E-state index contributed by atoms with van der Waals surface area (Å²) in [7, 11) is 0. The molecule has 0 saturated heterocycles. The van der Waals surface area contributed by atoms with Gasteiger partial charge in [0.05, 0.1) is 16.0 Å². The molecule has 0 aliphatic carbocycles. The highest BCUT2D eigenvalue weighted by atomic mass is 32.2. The minimum absolute atomic E-state index is 0.0384. The molecule has 0 bridgehead atoms. The Kier molecular flexibility index (Phi) is 7.95. The lowest BCUT2D eigenvalue weighted by Gasteiger charge is -2.17. The van der Waals surface area contributed by atoms with E-state index < -0.39 is 0 Å². The summed E-state index contributed by atoms with van der Waals surface area (Å²) < 4.78 is 1.85. The molecule has 0 fully saturated rings. The number of benzene rings is 1. The van der Waals surface area contributed by atoms with Gasteiger partial charge in [-0.1, -0.05) is 11.8 Å². The van der Waals surface area contributed by atoms with Crippen molar-refractivity contribution >= 4 is 50.8 Å². The van der Waals surface area contributed by atoms with Gasteiger partial charge in [-0.3, -0.25) is 9.59 Å². The molecule has 138 valence electrons. The maximum Gasteiger partial charge on any atom is 0.232 e. The smallest absolute Gasteiger partial charge is 0.232 e. The van der Waals surface area contributed by atoms with E-state index in [4.69, 9.17) is 6.42 Å². The van der Waals surface area contributed by atoms with Gasteiger partial charge in [0.25, 0.3) is 0 Å². The Labute approximate surface area is 162 Å². The number of aromatic nitrogens is 1. The Morgan fingerprint density at radius 1 is 1.35 bits per heavy atom. The molecule has 0 aliphatic heterocycles. The fourth-order valence-corrected chi connectivity index (χ4v) is 4.42. The number of anilines is 1. The van der Waals surface area contributed by atoms with E-state index >= 15 is 0 Å². The third-order valence-corrected chi connectivity index (χ3v) is 5.96. The van der Waals surface area contributed by atoms with Crippen LogP contribution in [0.1, 0.15) is 33.1 Å². The zero-order chi connectivity index (χ0) is 18.9. The van der Waals surface area contributed by atoms with Crippen LogP contribution in [0.15, 0.2) is 22.5 Å². The predicted octanol–water partition coefficient (Wildman–Crippen LogP) is 4.00. The van der Waals surface area contributed by atoms with Crippen molar-refractivity contribution in [2.24, 2.45) is 0 Å². The molecule has 2 rings (SSSR count). The topological polar surface area (TPSA) is 62.3 Å². The molecule has 1 N–H and O–H groups in total. The van der Waals surface area contributed by atoms with Gasteiger partial charge in [-0.25, -0.2) is 4.98 Å². The number of hydrogen-bond acceptors (Lipinski definition) is 5. The highest BCUT2D eigenvalue weighted by molar-refractivity contribution is 8.01. The number of terminal acetylenes is 1. The number of nitrogens with zero attached hydrogens (tertiary/aromatic N) is 2. The van der Waals surface area contributed by atoms with Crippen molar-refractivity contribution in [3.8, 4) is 12.3 Å². The summed E-state index contributed by atoms with van der Waals surface area (Å²) in [5.74, 6) is 3.01. The summed E-state index contributed by atoms with van der Waals surface area (Å²) in [5.41, 5.74) is 1.63. The fourth-order valence-electron chi connectivity index (χ4n) is 2.41. The number of carbonyl (C=O) groups is 2. The second-order valence-electron chi connectivity index (χ2n) is 5.62. The Hall–Kier alpha value is -2.04. The number of hydrogen-bond donors (Lipinski definition) is 1. The summed E-state index contributed by atoms with van der Waals surface area (Å²) in [5, 5.41) is 2.89. The summed E-state index contributed by atoms with van der Waals surface area (Å²) in [4.78, 5) is 30.4. The lowest BCUT2D eigenvalue weighted by atomic mass is 10.2. The molecule has 5 nitrogen and oxygen atoms in total. The van der Waals surface area contributed by atoms with Gasteiger partial charge >= 0.3 is 0 Å². The highest BCUT2D eigenvalue weighted by Gasteiger charge is 2.12. The molecule has 0 spiro atoms. The maximum atomic E-state index is 12.1. The van der Waals surface area contributed by atoms with Crippen LogP contribution in [0.4, 0.5) is 5.69 Å². The number of rotatable bonds is 9. The summed E-state index contributed by atoms with van der Waals surface area (Å²) in [6.07, 6.45) is 6.90. The maximum absolute atomic E-state index is 12.1. The van der Waals surface area contributed by atoms with E-state index in [9.17, 15) is 9.59 Å². The summed E-state index contributed by atoms with van der Waals surface area (Å²) in [6, 6.07) is 5.65. The van der Waals surface area contributed by atoms with Crippen LogP contribution in [0.25, 0.3) is 10.2 Å². The average Bonchev–Trinajstić information content (AvgIpc) is 3.03. The standard InChI is InChI=1S/C19H23N3O2S2/c1-4-7-8-9-17(23)20-14-10-11-15-16(12-14)26-19(21-15)25-13-18(24)22(5-2)6-3/h1,10-12H,5-9,13H2,2-3H3,(H,20,23). The zero-order valence-corrected chi connectivity index (χ0v) is 16.7. The zero-order valence-electron chi connectivity index (χ0n) is 15.1. The van der Waals surface area contributed by atoms with E-state index in [0.29, 0.717) is 25.0 Å². The van der Waals surface area contributed by atoms with E-state index in [1.54, 1.807) is 0 Å². The van der Waals surface area contributed by atoms with E-state index in [0.717, 1.165) is 33.3 Å². The van der Waals surface area contributed by atoms with Crippen molar-refractivity contribution in [2.75, 3.05) is 24.2 Å². The van der Waals surface area contributed by atoms with Crippen LogP contribution >= 0.6 is 23.1 Å². The van der Waals surface area contributed by atoms with Crippen molar-refractivity contribution in [3.63, 3.8) is 0 Å². The first-order valence-electron chi connectivity index (χ1n) is 8.61. The van der Waals surface area contributed by atoms with Crippen molar-refractivity contribution in [1.29, 1.82) is 0 Å². The highest BCUT2D eigenvalue weighted by Crippen LogP contribution is 2.31. The molecular formula is C19H23N3O2S2. The molecule has 2 amide bonds. The largest absolute Gasteiger partial charge is 0.343 e. The quantitative estimate of drug-likeness (QED) is 0.400. The molecule has 26 heavy (non-hydrogen) atoms. The third kappa shape index (κ3) is 5.75. The number of fused-ring (bicyclic) bond motifs is 1. The van der Waals surface area contributed by atoms with E-state index in [1.165, 1.54) is 23.1 Å². The van der Waals surface area contributed by atoms with E-state index in [2.05, 4.69) is 16.2 Å².